The number of aromatic carboxylic acids is 1. The van der Waals surface area contributed by atoms with Crippen molar-refractivity contribution in [2.24, 2.45) is 0 Å². The van der Waals surface area contributed by atoms with E-state index in [0.717, 1.165) is 26.6 Å². The summed E-state index contributed by atoms with van der Waals surface area (Å²) in [5.74, 6) is -2.82. The molecule has 1 aliphatic heterocycles. The van der Waals surface area contributed by atoms with E-state index in [2.05, 4.69) is 0 Å². The first-order chi connectivity index (χ1) is 15.5. The monoisotopic (exact) mass is 524 g/mol. The zero-order valence-corrected chi connectivity index (χ0v) is 19.9. The summed E-state index contributed by atoms with van der Waals surface area (Å²) < 4.78 is 27.5. The number of nitrogens with zero attached hydrogens (tertiary/aromatic N) is 2. The third-order valence-corrected chi connectivity index (χ3v) is 8.41. The normalized spacial score (nSPS) is 13.7. The number of anilines is 2. The number of rotatable bonds is 5. The highest BCUT2D eigenvalue weighted by atomic mass is 35.5. The molecule has 2 heterocycles. The maximum absolute atomic E-state index is 13.2. The van der Waals surface area contributed by atoms with Crippen LogP contribution in [0.1, 0.15) is 25.6 Å². The Hall–Kier alpha value is -2.92. The number of thiophene rings is 1. The van der Waals surface area contributed by atoms with Crippen molar-refractivity contribution in [3.63, 3.8) is 0 Å². The van der Waals surface area contributed by atoms with Crippen LogP contribution in [0.25, 0.3) is 0 Å². The molecule has 0 aliphatic carbocycles. The van der Waals surface area contributed by atoms with E-state index < -0.39 is 27.8 Å². The first-order valence-corrected chi connectivity index (χ1v) is 12.3. The molecule has 3 aromatic rings. The van der Waals surface area contributed by atoms with Crippen molar-refractivity contribution in [3.05, 3.63) is 73.9 Å². The first kappa shape index (κ1) is 23.2. The van der Waals surface area contributed by atoms with Crippen LogP contribution in [0.15, 0.2) is 52.7 Å². The summed E-state index contributed by atoms with van der Waals surface area (Å²) in [6.07, 6.45) is -0.222. The van der Waals surface area contributed by atoms with Crippen LogP contribution < -0.4 is 9.21 Å². The van der Waals surface area contributed by atoms with Crippen molar-refractivity contribution in [2.45, 2.75) is 11.3 Å². The predicted octanol–water partition coefficient (Wildman–Crippen LogP) is 4.31. The fraction of sp³-hybridized carbons (Fsp3) is 0.0952. The molecule has 2 amide bonds. The summed E-state index contributed by atoms with van der Waals surface area (Å²) in [6.45, 7) is 0. The highest BCUT2D eigenvalue weighted by Gasteiger charge is 2.38. The van der Waals surface area contributed by atoms with E-state index >= 15 is 0 Å². The molecular formula is C21H14Cl2N2O6S2. The number of carboxylic acids is 1. The summed E-state index contributed by atoms with van der Waals surface area (Å²) in [6, 6.07) is 9.86. The molecule has 170 valence electrons. The van der Waals surface area contributed by atoms with Crippen molar-refractivity contribution in [3.8, 4) is 0 Å². The van der Waals surface area contributed by atoms with E-state index in [0.29, 0.717) is 16.3 Å². The maximum Gasteiger partial charge on any atom is 0.346 e. The number of carboxylic acid groups (broad SMARTS) is 1. The van der Waals surface area contributed by atoms with E-state index in [1.807, 2.05) is 0 Å². The molecular weight excluding hydrogens is 511 g/mol. The van der Waals surface area contributed by atoms with Crippen LogP contribution in [0.4, 0.5) is 11.4 Å². The SMILES string of the molecule is CN(c1cccc(Cl)c1)S(=O)(=O)c1ccc(Cl)c(N2C(=O)Cc3csc(C(=O)O)c3C2=O)c1. The number of hydrogen-bond donors (Lipinski definition) is 1. The van der Waals surface area contributed by atoms with Gasteiger partial charge in [0.15, 0.2) is 0 Å². The van der Waals surface area contributed by atoms with Gasteiger partial charge in [-0.3, -0.25) is 13.9 Å². The van der Waals surface area contributed by atoms with Gasteiger partial charge in [0, 0.05) is 12.1 Å². The third kappa shape index (κ3) is 3.99. The van der Waals surface area contributed by atoms with Crippen LogP contribution in [0.2, 0.25) is 10.0 Å². The van der Waals surface area contributed by atoms with E-state index in [-0.39, 0.29) is 32.5 Å². The number of hydrogen-bond acceptors (Lipinski definition) is 6. The standard InChI is InChI=1S/C21H14Cl2N2O6S2/c1-24(13-4-2-3-12(22)8-13)33(30,31)14-5-6-15(23)16(9-14)25-17(26)7-11-10-32-19(21(28)29)18(11)20(25)27/h2-6,8-10H,7H2,1H3,(H,28,29). The molecule has 0 fully saturated rings. The van der Waals surface area contributed by atoms with E-state index in [4.69, 9.17) is 23.2 Å². The lowest BCUT2D eigenvalue weighted by Gasteiger charge is -2.27. The van der Waals surface area contributed by atoms with Crippen LogP contribution in [-0.2, 0) is 21.2 Å². The first-order valence-electron chi connectivity index (χ1n) is 9.27. The summed E-state index contributed by atoms with van der Waals surface area (Å²) in [4.78, 5) is 37.7. The quantitative estimate of drug-likeness (QED) is 0.497. The Morgan fingerprint density at radius 1 is 1.15 bits per heavy atom. The molecule has 1 N–H and O–H groups in total. The number of fused-ring (bicyclic) bond motifs is 1. The molecule has 0 unspecified atom stereocenters. The Labute approximate surface area is 202 Å². The van der Waals surface area contributed by atoms with Crippen molar-refractivity contribution in [1.29, 1.82) is 0 Å². The number of amides is 2. The third-order valence-electron chi connectivity index (χ3n) is 5.06. The van der Waals surface area contributed by atoms with Gasteiger partial charge < -0.3 is 5.11 Å². The number of benzene rings is 2. The van der Waals surface area contributed by atoms with Crippen molar-refractivity contribution in [1.82, 2.24) is 0 Å². The van der Waals surface area contributed by atoms with Crippen LogP contribution in [0.3, 0.4) is 0 Å². The smallest absolute Gasteiger partial charge is 0.346 e. The highest BCUT2D eigenvalue weighted by Crippen LogP contribution is 2.36. The highest BCUT2D eigenvalue weighted by molar-refractivity contribution is 7.92. The average Bonchev–Trinajstić information content (AvgIpc) is 3.18. The van der Waals surface area contributed by atoms with Gasteiger partial charge in [0.25, 0.3) is 15.9 Å². The van der Waals surface area contributed by atoms with Gasteiger partial charge in [0.1, 0.15) is 4.88 Å². The number of imide groups is 1. The lowest BCUT2D eigenvalue weighted by Crippen LogP contribution is -2.43. The Kier molecular flexibility index (Phi) is 5.95. The molecule has 2 aromatic carbocycles. The van der Waals surface area contributed by atoms with Gasteiger partial charge in [-0.25, -0.2) is 18.1 Å². The van der Waals surface area contributed by atoms with Gasteiger partial charge in [0.05, 0.1) is 33.3 Å². The predicted molar refractivity (Wildman–Crippen MR) is 125 cm³/mol. The van der Waals surface area contributed by atoms with Crippen LogP contribution in [-0.4, -0.2) is 38.4 Å². The minimum atomic E-state index is -4.12. The van der Waals surface area contributed by atoms with Gasteiger partial charge in [-0.1, -0.05) is 29.3 Å². The van der Waals surface area contributed by atoms with Gasteiger partial charge in [-0.15, -0.1) is 11.3 Å². The minimum absolute atomic E-state index is 0.0448. The topological polar surface area (TPSA) is 112 Å². The molecule has 8 nitrogen and oxygen atoms in total. The summed E-state index contributed by atoms with van der Waals surface area (Å²) in [7, 11) is -2.78. The van der Waals surface area contributed by atoms with Gasteiger partial charge in [0.2, 0.25) is 5.91 Å². The molecule has 0 saturated carbocycles. The zero-order valence-electron chi connectivity index (χ0n) is 16.8. The molecule has 0 spiro atoms. The summed E-state index contributed by atoms with van der Waals surface area (Å²) in [5.41, 5.74) is 0.357. The average molecular weight is 525 g/mol. The van der Waals surface area contributed by atoms with E-state index in [1.54, 1.807) is 18.2 Å². The molecule has 0 atom stereocenters. The van der Waals surface area contributed by atoms with Crippen molar-refractivity contribution in [2.75, 3.05) is 16.3 Å². The fourth-order valence-corrected chi connectivity index (χ4v) is 5.91. The molecule has 12 heteroatoms. The lowest BCUT2D eigenvalue weighted by molar-refractivity contribution is -0.117. The Morgan fingerprint density at radius 2 is 1.88 bits per heavy atom. The molecule has 0 radical (unpaired) electrons. The second kappa shape index (κ2) is 8.45. The number of halogens is 2. The van der Waals surface area contributed by atoms with E-state index in [9.17, 15) is 27.9 Å². The van der Waals surface area contributed by atoms with Gasteiger partial charge >= 0.3 is 5.97 Å². The molecule has 1 aromatic heterocycles. The van der Waals surface area contributed by atoms with Crippen LogP contribution in [0, 0.1) is 0 Å². The van der Waals surface area contributed by atoms with Gasteiger partial charge in [-0.2, -0.15) is 0 Å². The largest absolute Gasteiger partial charge is 0.477 e. The number of sulfonamides is 1. The molecule has 0 saturated heterocycles. The Bertz CT molecular complexity index is 1430. The lowest BCUT2D eigenvalue weighted by atomic mass is 10.0. The second-order valence-corrected chi connectivity index (χ2v) is 10.7. The van der Waals surface area contributed by atoms with Crippen molar-refractivity contribution >= 4 is 73.7 Å². The van der Waals surface area contributed by atoms with Crippen LogP contribution in [0.5, 0.6) is 0 Å². The van der Waals surface area contributed by atoms with Crippen molar-refractivity contribution < 1.29 is 27.9 Å². The molecule has 33 heavy (non-hydrogen) atoms. The fourth-order valence-electron chi connectivity index (χ4n) is 3.42. The van der Waals surface area contributed by atoms with E-state index in [1.165, 1.54) is 30.6 Å². The summed E-state index contributed by atoms with van der Waals surface area (Å²) in [5, 5.41) is 11.2. The van der Waals surface area contributed by atoms with Crippen LogP contribution >= 0.6 is 34.5 Å². The van der Waals surface area contributed by atoms with Gasteiger partial charge in [-0.05, 0) is 47.3 Å². The number of carbonyl (C=O) groups excluding carboxylic acids is 2. The molecule has 4 rings (SSSR count). The summed E-state index contributed by atoms with van der Waals surface area (Å²) >= 11 is 13.1. The maximum atomic E-state index is 13.2. The molecule has 1 aliphatic rings. The Morgan fingerprint density at radius 3 is 2.55 bits per heavy atom. The minimum Gasteiger partial charge on any atom is -0.477 e. The Balaban J connectivity index is 1.79. The second-order valence-electron chi connectivity index (χ2n) is 7.05. The zero-order chi connectivity index (χ0) is 24.1. The molecule has 0 bridgehead atoms. The number of carbonyl (C=O) groups is 3.